The lowest BCUT2D eigenvalue weighted by Crippen LogP contribution is -2.25. The van der Waals surface area contributed by atoms with Crippen LogP contribution in [0.15, 0.2) is 48.9 Å². The summed E-state index contributed by atoms with van der Waals surface area (Å²) in [4.78, 5) is 21.0. The van der Waals surface area contributed by atoms with E-state index in [9.17, 15) is 18.0 Å². The molecule has 1 atom stereocenters. The molecule has 1 aromatic heterocycles. The van der Waals surface area contributed by atoms with E-state index in [2.05, 4.69) is 45.2 Å². The van der Waals surface area contributed by atoms with Crippen LogP contribution in [0.1, 0.15) is 42.1 Å². The maximum atomic E-state index is 12.4. The number of carbonyl (C=O) groups excluding carboxylic acids is 1. The summed E-state index contributed by atoms with van der Waals surface area (Å²) in [7, 11) is 0. The van der Waals surface area contributed by atoms with E-state index in [0.717, 1.165) is 59.6 Å². The number of nitrogens with zero attached hydrogens (tertiary/aromatic N) is 4. The van der Waals surface area contributed by atoms with Gasteiger partial charge in [0.1, 0.15) is 12.0 Å². The Hall–Kier alpha value is -3.17. The molecule has 0 saturated heterocycles. The lowest BCUT2D eigenvalue weighted by molar-refractivity contribution is -0.274. The standard InChI is InChI=1S/C26H29F3N4O2/c1-4-31(5-2)17-32-14-23(30-16-32)20-10-18(3)25-21(11-20)13-33(24(25)15-34)12-19-6-8-22(9-7-19)35-26(27,28)29/h6-11,14-16,24H,4-5,12-13,17H2,1-3H3. The van der Waals surface area contributed by atoms with Crippen molar-refractivity contribution in [3.8, 4) is 17.0 Å². The van der Waals surface area contributed by atoms with E-state index in [-0.39, 0.29) is 5.75 Å². The Balaban J connectivity index is 1.52. The van der Waals surface area contributed by atoms with Gasteiger partial charge in [0.25, 0.3) is 0 Å². The number of rotatable bonds is 9. The van der Waals surface area contributed by atoms with Gasteiger partial charge in [0.05, 0.1) is 24.7 Å². The Kier molecular flexibility index (Phi) is 7.28. The number of halogens is 3. The topological polar surface area (TPSA) is 50.6 Å². The minimum absolute atomic E-state index is 0.265. The minimum atomic E-state index is -4.73. The summed E-state index contributed by atoms with van der Waals surface area (Å²) < 4.78 is 43.3. The van der Waals surface area contributed by atoms with Crippen LogP contribution in [-0.2, 0) is 24.6 Å². The molecule has 0 N–H and O–H groups in total. The molecule has 35 heavy (non-hydrogen) atoms. The van der Waals surface area contributed by atoms with Crippen molar-refractivity contribution in [2.24, 2.45) is 0 Å². The summed E-state index contributed by atoms with van der Waals surface area (Å²) in [5.74, 6) is -0.265. The van der Waals surface area contributed by atoms with Crippen LogP contribution >= 0.6 is 0 Å². The molecule has 0 aliphatic carbocycles. The number of aryl methyl sites for hydroxylation is 1. The van der Waals surface area contributed by atoms with Gasteiger partial charge in [0.15, 0.2) is 0 Å². The summed E-state index contributed by atoms with van der Waals surface area (Å²) in [6, 6.07) is 9.50. The fourth-order valence-corrected chi connectivity index (χ4v) is 4.65. The third-order valence-electron chi connectivity index (χ3n) is 6.39. The normalized spacial score (nSPS) is 16.0. The number of imidazole rings is 1. The maximum Gasteiger partial charge on any atom is 0.573 e. The van der Waals surface area contributed by atoms with Crippen molar-refractivity contribution in [2.45, 2.75) is 52.9 Å². The van der Waals surface area contributed by atoms with E-state index < -0.39 is 12.4 Å². The highest BCUT2D eigenvalue weighted by molar-refractivity contribution is 5.70. The van der Waals surface area contributed by atoms with Crippen LogP contribution in [0.5, 0.6) is 5.75 Å². The van der Waals surface area contributed by atoms with E-state index in [1.54, 1.807) is 12.1 Å². The summed E-state index contributed by atoms with van der Waals surface area (Å²) in [5.41, 5.74) is 5.75. The van der Waals surface area contributed by atoms with Crippen molar-refractivity contribution in [1.29, 1.82) is 0 Å². The molecule has 1 aliphatic heterocycles. The lowest BCUT2D eigenvalue weighted by atomic mass is 9.96. The smallest absolute Gasteiger partial charge is 0.406 e. The highest BCUT2D eigenvalue weighted by atomic mass is 19.4. The van der Waals surface area contributed by atoms with Gasteiger partial charge in [-0.15, -0.1) is 13.2 Å². The quantitative estimate of drug-likeness (QED) is 0.384. The number of carbonyl (C=O) groups is 1. The highest BCUT2D eigenvalue weighted by Crippen LogP contribution is 2.38. The second kappa shape index (κ2) is 10.2. The Morgan fingerprint density at radius 1 is 1.17 bits per heavy atom. The molecule has 0 amide bonds. The molecule has 3 aromatic rings. The zero-order valence-electron chi connectivity index (χ0n) is 20.0. The first-order chi connectivity index (χ1) is 16.7. The number of hydrogen-bond acceptors (Lipinski definition) is 5. The molecule has 1 aliphatic rings. The van der Waals surface area contributed by atoms with Gasteiger partial charge in [-0.05, 0) is 66.5 Å². The number of fused-ring (bicyclic) bond motifs is 1. The molecule has 2 heterocycles. The summed E-state index contributed by atoms with van der Waals surface area (Å²) >= 11 is 0. The largest absolute Gasteiger partial charge is 0.573 e. The predicted octanol–water partition coefficient (Wildman–Crippen LogP) is 5.31. The molecule has 186 valence electrons. The van der Waals surface area contributed by atoms with Gasteiger partial charge in [0.2, 0.25) is 0 Å². The van der Waals surface area contributed by atoms with E-state index in [4.69, 9.17) is 0 Å². The summed E-state index contributed by atoms with van der Waals surface area (Å²) in [6.07, 6.45) is 0.0759. The second-order valence-electron chi connectivity index (χ2n) is 8.76. The van der Waals surface area contributed by atoms with Crippen LogP contribution in [0.4, 0.5) is 13.2 Å². The predicted molar refractivity (Wildman–Crippen MR) is 126 cm³/mol. The third kappa shape index (κ3) is 5.74. The third-order valence-corrected chi connectivity index (χ3v) is 6.39. The van der Waals surface area contributed by atoms with Gasteiger partial charge in [0, 0.05) is 24.8 Å². The summed E-state index contributed by atoms with van der Waals surface area (Å²) in [6.45, 7) is 9.95. The van der Waals surface area contributed by atoms with E-state index in [0.29, 0.717) is 13.1 Å². The Morgan fingerprint density at radius 2 is 1.89 bits per heavy atom. The van der Waals surface area contributed by atoms with Crippen molar-refractivity contribution in [1.82, 2.24) is 19.4 Å². The number of aldehydes is 1. The van der Waals surface area contributed by atoms with Crippen molar-refractivity contribution in [3.63, 3.8) is 0 Å². The van der Waals surface area contributed by atoms with Gasteiger partial charge < -0.3 is 14.1 Å². The van der Waals surface area contributed by atoms with Crippen LogP contribution in [0, 0.1) is 6.92 Å². The van der Waals surface area contributed by atoms with Crippen LogP contribution in [0.25, 0.3) is 11.3 Å². The van der Waals surface area contributed by atoms with Crippen LogP contribution in [-0.4, -0.2) is 45.1 Å². The molecule has 6 nitrogen and oxygen atoms in total. The van der Waals surface area contributed by atoms with E-state index in [1.165, 1.54) is 12.1 Å². The first-order valence-corrected chi connectivity index (χ1v) is 11.6. The monoisotopic (exact) mass is 486 g/mol. The molecule has 0 spiro atoms. The first kappa shape index (κ1) is 24.9. The fraction of sp³-hybridized carbons (Fsp3) is 0.385. The molecule has 0 fully saturated rings. The van der Waals surface area contributed by atoms with Gasteiger partial charge in [-0.25, -0.2) is 4.98 Å². The van der Waals surface area contributed by atoms with E-state index in [1.807, 2.05) is 24.3 Å². The van der Waals surface area contributed by atoms with Crippen molar-refractivity contribution in [2.75, 3.05) is 13.1 Å². The number of benzene rings is 2. The molecule has 9 heteroatoms. The SMILES string of the molecule is CCN(CC)Cn1cnc(-c2cc(C)c3c(c2)CN(Cc2ccc(OC(F)(F)F)cc2)C3C=O)c1. The fourth-order valence-electron chi connectivity index (χ4n) is 4.65. The Bertz CT molecular complexity index is 1170. The first-order valence-electron chi connectivity index (χ1n) is 11.6. The lowest BCUT2D eigenvalue weighted by Gasteiger charge is -2.21. The molecular formula is C26H29F3N4O2. The number of aromatic nitrogens is 2. The minimum Gasteiger partial charge on any atom is -0.406 e. The Morgan fingerprint density at radius 3 is 2.51 bits per heavy atom. The average molecular weight is 487 g/mol. The summed E-state index contributed by atoms with van der Waals surface area (Å²) in [5, 5.41) is 0. The number of ether oxygens (including phenoxy) is 1. The Labute approximate surface area is 202 Å². The van der Waals surface area contributed by atoms with Gasteiger partial charge >= 0.3 is 6.36 Å². The van der Waals surface area contributed by atoms with E-state index >= 15 is 0 Å². The average Bonchev–Trinajstić information content (AvgIpc) is 3.42. The van der Waals surface area contributed by atoms with Crippen molar-refractivity contribution >= 4 is 6.29 Å². The molecule has 1 unspecified atom stereocenters. The molecule has 0 radical (unpaired) electrons. The maximum absolute atomic E-state index is 12.4. The van der Waals surface area contributed by atoms with Crippen LogP contribution in [0.3, 0.4) is 0 Å². The van der Waals surface area contributed by atoms with Gasteiger partial charge in [-0.2, -0.15) is 0 Å². The molecule has 0 saturated carbocycles. The highest BCUT2D eigenvalue weighted by Gasteiger charge is 2.33. The second-order valence-corrected chi connectivity index (χ2v) is 8.76. The molecule has 4 rings (SSSR count). The van der Waals surface area contributed by atoms with Crippen molar-refractivity contribution in [3.05, 3.63) is 71.2 Å². The van der Waals surface area contributed by atoms with Gasteiger partial charge in [-0.3, -0.25) is 9.80 Å². The number of hydrogen-bond donors (Lipinski definition) is 0. The molecular weight excluding hydrogens is 457 g/mol. The van der Waals surface area contributed by atoms with Crippen LogP contribution in [0.2, 0.25) is 0 Å². The zero-order valence-corrected chi connectivity index (χ0v) is 20.0. The number of alkyl halides is 3. The molecule has 0 bridgehead atoms. The molecule has 2 aromatic carbocycles. The van der Waals surface area contributed by atoms with Crippen LogP contribution < -0.4 is 4.74 Å². The van der Waals surface area contributed by atoms with Gasteiger partial charge in [-0.1, -0.05) is 26.0 Å². The zero-order chi connectivity index (χ0) is 25.2. The van der Waals surface area contributed by atoms with Crippen molar-refractivity contribution < 1.29 is 22.7 Å².